The van der Waals surface area contributed by atoms with Crippen LogP contribution in [0.2, 0.25) is 0 Å². The molecule has 0 unspecified atom stereocenters. The second-order valence-corrected chi connectivity index (χ2v) is 9.29. The van der Waals surface area contributed by atoms with Gasteiger partial charge >= 0.3 is 0 Å². The predicted octanol–water partition coefficient (Wildman–Crippen LogP) is 3.43. The number of nitrogens with one attached hydrogen (secondary N) is 1. The molecule has 7 heteroatoms. The van der Waals surface area contributed by atoms with Gasteiger partial charge in [-0.25, -0.2) is 8.42 Å². The monoisotopic (exact) mass is 424 g/mol. The number of hydrogen-bond donors (Lipinski definition) is 1. The molecule has 30 heavy (non-hydrogen) atoms. The first-order chi connectivity index (χ1) is 14.5. The van der Waals surface area contributed by atoms with Gasteiger partial charge in [-0.2, -0.15) is 4.31 Å². The zero-order valence-corrected chi connectivity index (χ0v) is 17.6. The van der Waals surface area contributed by atoms with Gasteiger partial charge in [0.2, 0.25) is 10.0 Å². The molecule has 4 rings (SSSR count). The average molecular weight is 425 g/mol. The highest BCUT2D eigenvalue weighted by atomic mass is 32.2. The van der Waals surface area contributed by atoms with Crippen LogP contribution in [0.1, 0.15) is 23.2 Å². The lowest BCUT2D eigenvalue weighted by atomic mass is 10.0. The van der Waals surface area contributed by atoms with Crippen LogP contribution in [0.25, 0.3) is 10.8 Å². The molecule has 1 fully saturated rings. The highest BCUT2D eigenvalue weighted by Crippen LogP contribution is 2.24. The molecule has 0 atom stereocenters. The number of methoxy groups -OCH3 is 1. The van der Waals surface area contributed by atoms with Crippen molar-refractivity contribution in [3.63, 3.8) is 0 Å². The lowest BCUT2D eigenvalue weighted by molar-refractivity contribution is 0.0925. The minimum absolute atomic E-state index is 0.0567. The fraction of sp³-hybridized carbons (Fsp3) is 0.261. The van der Waals surface area contributed by atoms with Gasteiger partial charge in [-0.15, -0.1) is 0 Å². The molecule has 0 spiro atoms. The summed E-state index contributed by atoms with van der Waals surface area (Å²) in [6, 6.07) is 19.8. The molecule has 1 N–H and O–H groups in total. The number of nitrogens with zero attached hydrogens (tertiary/aromatic N) is 1. The van der Waals surface area contributed by atoms with E-state index in [0.717, 1.165) is 10.8 Å². The van der Waals surface area contributed by atoms with Crippen molar-refractivity contribution < 1.29 is 17.9 Å². The molecule has 6 nitrogen and oxygen atoms in total. The smallest absolute Gasteiger partial charge is 0.252 e. The second-order valence-electron chi connectivity index (χ2n) is 7.35. The number of fused-ring (bicyclic) bond motifs is 1. The zero-order chi connectivity index (χ0) is 21.1. The van der Waals surface area contributed by atoms with E-state index in [1.54, 1.807) is 31.4 Å². The average Bonchev–Trinajstić information content (AvgIpc) is 2.79. The first kappa shape index (κ1) is 20.4. The molecule has 1 heterocycles. The van der Waals surface area contributed by atoms with Gasteiger partial charge < -0.3 is 10.1 Å². The summed E-state index contributed by atoms with van der Waals surface area (Å²) in [4.78, 5) is 13.1. The third-order valence-electron chi connectivity index (χ3n) is 5.52. The Kier molecular flexibility index (Phi) is 5.74. The highest BCUT2D eigenvalue weighted by Gasteiger charge is 2.30. The maximum atomic E-state index is 12.9. The number of piperidine rings is 1. The number of hydrogen-bond acceptors (Lipinski definition) is 4. The molecule has 0 bridgehead atoms. The molecule has 0 saturated carbocycles. The van der Waals surface area contributed by atoms with Crippen LogP contribution < -0.4 is 10.1 Å². The van der Waals surface area contributed by atoms with E-state index in [1.165, 1.54) is 4.31 Å². The van der Waals surface area contributed by atoms with Crippen LogP contribution in [0.4, 0.5) is 0 Å². The van der Waals surface area contributed by atoms with Crippen LogP contribution in [0.5, 0.6) is 5.75 Å². The lowest BCUT2D eigenvalue weighted by Crippen LogP contribution is -2.46. The Labute approximate surface area is 176 Å². The summed E-state index contributed by atoms with van der Waals surface area (Å²) in [7, 11) is -2.01. The molecule has 3 aromatic carbocycles. The normalized spacial score (nSPS) is 15.8. The van der Waals surface area contributed by atoms with Crippen molar-refractivity contribution in [1.82, 2.24) is 9.62 Å². The quantitative estimate of drug-likeness (QED) is 0.681. The van der Waals surface area contributed by atoms with Crippen molar-refractivity contribution in [3.05, 3.63) is 72.3 Å². The van der Waals surface area contributed by atoms with Crippen LogP contribution in [-0.4, -0.2) is 44.9 Å². The molecule has 156 valence electrons. The standard InChI is InChI=1S/C23H24N2O4S/c1-29-19-9-11-20(12-10-19)30(27,28)25-15-13-18(14-16-25)24-23(26)22-8-4-6-17-5-2-3-7-21(17)22/h2-12,18H,13-16H2,1H3,(H,24,26). The lowest BCUT2D eigenvalue weighted by Gasteiger charge is -2.31. The Bertz CT molecular complexity index is 1150. The zero-order valence-electron chi connectivity index (χ0n) is 16.7. The van der Waals surface area contributed by atoms with Crippen LogP contribution in [0.3, 0.4) is 0 Å². The SMILES string of the molecule is COc1ccc(S(=O)(=O)N2CCC(NC(=O)c3cccc4ccccc34)CC2)cc1. The van der Waals surface area contributed by atoms with Crippen molar-refractivity contribution in [2.24, 2.45) is 0 Å². The van der Waals surface area contributed by atoms with Crippen molar-refractivity contribution in [3.8, 4) is 5.75 Å². The highest BCUT2D eigenvalue weighted by molar-refractivity contribution is 7.89. The van der Waals surface area contributed by atoms with Crippen LogP contribution >= 0.6 is 0 Å². The Morgan fingerprint density at radius 1 is 0.967 bits per heavy atom. The van der Waals surface area contributed by atoms with Gasteiger partial charge in [0.1, 0.15) is 5.75 Å². The fourth-order valence-corrected chi connectivity index (χ4v) is 5.29. The van der Waals surface area contributed by atoms with E-state index in [2.05, 4.69) is 5.32 Å². The fourth-order valence-electron chi connectivity index (χ4n) is 3.82. The third-order valence-corrected chi connectivity index (χ3v) is 7.43. The maximum absolute atomic E-state index is 12.9. The largest absolute Gasteiger partial charge is 0.497 e. The first-order valence-corrected chi connectivity index (χ1v) is 11.4. The van der Waals surface area contributed by atoms with Gasteiger partial charge in [-0.3, -0.25) is 4.79 Å². The molecule has 0 aromatic heterocycles. The van der Waals surface area contributed by atoms with Gasteiger partial charge in [-0.05, 0) is 53.9 Å². The first-order valence-electron chi connectivity index (χ1n) is 9.92. The minimum Gasteiger partial charge on any atom is -0.497 e. The molecule has 1 aliphatic heterocycles. The van der Waals surface area contributed by atoms with Crippen LogP contribution in [0, 0.1) is 0 Å². The number of rotatable bonds is 5. The number of ether oxygens (including phenoxy) is 1. The van der Waals surface area contributed by atoms with Gasteiger partial charge in [-0.1, -0.05) is 36.4 Å². The van der Waals surface area contributed by atoms with Crippen molar-refractivity contribution in [2.75, 3.05) is 20.2 Å². The van der Waals surface area contributed by atoms with Gasteiger partial charge in [0.05, 0.1) is 12.0 Å². The third kappa shape index (κ3) is 4.04. The maximum Gasteiger partial charge on any atom is 0.252 e. The van der Waals surface area contributed by atoms with E-state index >= 15 is 0 Å². The Morgan fingerprint density at radius 3 is 2.33 bits per heavy atom. The summed E-state index contributed by atoms with van der Waals surface area (Å²) >= 11 is 0. The number of amides is 1. The Balaban J connectivity index is 1.41. The Hall–Kier alpha value is -2.90. The summed E-state index contributed by atoms with van der Waals surface area (Å²) in [6.45, 7) is 0.740. The number of sulfonamides is 1. The molecule has 3 aromatic rings. The Morgan fingerprint density at radius 2 is 1.63 bits per heavy atom. The van der Waals surface area contributed by atoms with E-state index in [1.807, 2.05) is 42.5 Å². The van der Waals surface area contributed by atoms with Crippen molar-refractivity contribution in [2.45, 2.75) is 23.8 Å². The van der Waals surface area contributed by atoms with Gasteiger partial charge in [0.15, 0.2) is 0 Å². The predicted molar refractivity (Wildman–Crippen MR) is 116 cm³/mol. The van der Waals surface area contributed by atoms with E-state index in [-0.39, 0.29) is 16.8 Å². The van der Waals surface area contributed by atoms with Crippen LogP contribution in [-0.2, 0) is 10.0 Å². The number of carbonyl (C=O) groups excluding carboxylic acids is 1. The molecule has 1 saturated heterocycles. The van der Waals surface area contributed by atoms with E-state index in [9.17, 15) is 13.2 Å². The minimum atomic E-state index is -3.55. The molecular formula is C23H24N2O4S. The summed E-state index contributed by atoms with van der Waals surface area (Å²) in [6.07, 6.45) is 1.15. The van der Waals surface area contributed by atoms with Gasteiger partial charge in [0.25, 0.3) is 5.91 Å². The molecule has 0 aliphatic carbocycles. The van der Waals surface area contributed by atoms with E-state index in [0.29, 0.717) is 37.2 Å². The summed E-state index contributed by atoms with van der Waals surface area (Å²) in [5.74, 6) is 0.493. The summed E-state index contributed by atoms with van der Waals surface area (Å²) < 4.78 is 32.3. The number of benzene rings is 3. The van der Waals surface area contributed by atoms with Crippen LogP contribution in [0.15, 0.2) is 71.6 Å². The van der Waals surface area contributed by atoms with Crippen molar-refractivity contribution >= 4 is 26.7 Å². The van der Waals surface area contributed by atoms with Gasteiger partial charge in [0, 0.05) is 24.7 Å². The molecule has 1 aliphatic rings. The van der Waals surface area contributed by atoms with Crippen molar-refractivity contribution in [1.29, 1.82) is 0 Å². The number of carbonyl (C=O) groups is 1. The molecule has 1 amide bonds. The molecular weight excluding hydrogens is 400 g/mol. The summed E-state index contributed by atoms with van der Waals surface area (Å²) in [5.41, 5.74) is 0.640. The van der Waals surface area contributed by atoms with E-state index in [4.69, 9.17) is 4.74 Å². The summed E-state index contributed by atoms with van der Waals surface area (Å²) in [5, 5.41) is 5.01. The topological polar surface area (TPSA) is 75.7 Å². The molecule has 0 radical (unpaired) electrons. The van der Waals surface area contributed by atoms with E-state index < -0.39 is 10.0 Å². The second kappa shape index (κ2) is 8.45.